The van der Waals surface area contributed by atoms with Crippen molar-refractivity contribution in [2.75, 3.05) is 0 Å². The molecule has 0 fully saturated rings. The van der Waals surface area contributed by atoms with Gasteiger partial charge in [0, 0.05) is 5.75 Å². The van der Waals surface area contributed by atoms with Gasteiger partial charge < -0.3 is 4.74 Å². The Morgan fingerprint density at radius 3 is 2.19 bits per heavy atom. The van der Waals surface area contributed by atoms with Crippen LogP contribution in [0.5, 0.6) is 11.5 Å². The maximum absolute atomic E-state index is 12.8. The second kappa shape index (κ2) is 8.66. The highest BCUT2D eigenvalue weighted by molar-refractivity contribution is 7.98. The van der Waals surface area contributed by atoms with E-state index in [-0.39, 0.29) is 28.1 Å². The van der Waals surface area contributed by atoms with Crippen molar-refractivity contribution in [3.8, 4) is 11.5 Å². The SMILES string of the molecule is Cc1nc(SCc2ccc(C(F)(F)F)cc2)[nH]c(=O)c1Oc1cccc(C(F)(F)F)c1. The van der Waals surface area contributed by atoms with Crippen molar-refractivity contribution >= 4 is 11.8 Å². The molecule has 0 aliphatic heterocycles. The van der Waals surface area contributed by atoms with Crippen molar-refractivity contribution < 1.29 is 31.1 Å². The van der Waals surface area contributed by atoms with Gasteiger partial charge in [-0.3, -0.25) is 9.78 Å². The Kier molecular flexibility index (Phi) is 6.35. The minimum Gasteiger partial charge on any atom is -0.450 e. The molecule has 0 saturated carbocycles. The molecule has 3 rings (SSSR count). The summed E-state index contributed by atoms with van der Waals surface area (Å²) in [5.41, 5.74) is -1.64. The molecule has 0 aliphatic carbocycles. The summed E-state index contributed by atoms with van der Waals surface area (Å²) in [6.07, 6.45) is -8.98. The van der Waals surface area contributed by atoms with Gasteiger partial charge in [0.1, 0.15) is 5.75 Å². The number of aromatic nitrogens is 2. The van der Waals surface area contributed by atoms with E-state index < -0.39 is 29.0 Å². The summed E-state index contributed by atoms with van der Waals surface area (Å²) in [5, 5.41) is 0.193. The molecule has 3 aromatic rings. The molecule has 2 aromatic carbocycles. The Balaban J connectivity index is 1.73. The summed E-state index contributed by atoms with van der Waals surface area (Å²) >= 11 is 1.08. The summed E-state index contributed by atoms with van der Waals surface area (Å²) in [5.74, 6) is -0.178. The summed E-state index contributed by atoms with van der Waals surface area (Å²) < 4.78 is 81.6. The van der Waals surface area contributed by atoms with Crippen LogP contribution in [0.25, 0.3) is 0 Å². The molecule has 0 spiro atoms. The number of hydrogen-bond acceptors (Lipinski definition) is 4. The van der Waals surface area contributed by atoms with Gasteiger partial charge in [-0.1, -0.05) is 30.0 Å². The van der Waals surface area contributed by atoms with Gasteiger partial charge in [0.05, 0.1) is 16.8 Å². The van der Waals surface area contributed by atoms with Gasteiger partial charge >= 0.3 is 12.4 Å². The average Bonchev–Trinajstić information content (AvgIpc) is 2.68. The van der Waals surface area contributed by atoms with Crippen molar-refractivity contribution in [2.45, 2.75) is 30.2 Å². The highest BCUT2D eigenvalue weighted by Crippen LogP contribution is 2.33. The van der Waals surface area contributed by atoms with E-state index in [4.69, 9.17) is 4.74 Å². The molecule has 0 radical (unpaired) electrons. The summed E-state index contributed by atoms with van der Waals surface area (Å²) in [6.45, 7) is 1.46. The number of alkyl halides is 6. The number of hydrogen-bond donors (Lipinski definition) is 1. The molecule has 1 N–H and O–H groups in total. The number of aromatic amines is 1. The van der Waals surface area contributed by atoms with Crippen LogP contribution in [0, 0.1) is 6.92 Å². The second-order valence-corrected chi connectivity index (χ2v) is 7.36. The molecule has 164 valence electrons. The number of nitrogens with one attached hydrogen (secondary N) is 1. The lowest BCUT2D eigenvalue weighted by atomic mass is 10.1. The van der Waals surface area contributed by atoms with Crippen LogP contribution in [-0.2, 0) is 18.1 Å². The number of rotatable bonds is 5. The van der Waals surface area contributed by atoms with Gasteiger partial charge in [-0.05, 0) is 42.8 Å². The van der Waals surface area contributed by atoms with E-state index in [9.17, 15) is 31.1 Å². The van der Waals surface area contributed by atoms with Crippen molar-refractivity contribution in [3.05, 3.63) is 81.3 Å². The smallest absolute Gasteiger partial charge is 0.416 e. The molecule has 31 heavy (non-hydrogen) atoms. The van der Waals surface area contributed by atoms with Crippen LogP contribution in [0.4, 0.5) is 26.3 Å². The van der Waals surface area contributed by atoms with E-state index in [0.717, 1.165) is 42.1 Å². The number of H-pyrrole nitrogens is 1. The fourth-order valence-corrected chi connectivity index (χ4v) is 3.40. The second-order valence-electron chi connectivity index (χ2n) is 6.40. The third-order valence-corrected chi connectivity index (χ3v) is 5.01. The van der Waals surface area contributed by atoms with Gasteiger partial charge in [-0.25, -0.2) is 4.98 Å². The first-order valence-electron chi connectivity index (χ1n) is 8.68. The summed E-state index contributed by atoms with van der Waals surface area (Å²) in [7, 11) is 0. The summed E-state index contributed by atoms with van der Waals surface area (Å²) in [6, 6.07) is 8.66. The predicted octanol–water partition coefficient (Wildman–Crippen LogP) is 6.20. The van der Waals surface area contributed by atoms with E-state index in [2.05, 4.69) is 9.97 Å². The third kappa shape index (κ3) is 5.81. The lowest BCUT2D eigenvalue weighted by molar-refractivity contribution is -0.138. The van der Waals surface area contributed by atoms with E-state index in [1.165, 1.54) is 25.1 Å². The summed E-state index contributed by atoms with van der Waals surface area (Å²) in [4.78, 5) is 18.9. The van der Waals surface area contributed by atoms with Gasteiger partial charge in [0.2, 0.25) is 5.75 Å². The maximum Gasteiger partial charge on any atom is 0.416 e. The first kappa shape index (κ1) is 22.7. The maximum atomic E-state index is 12.8. The van der Waals surface area contributed by atoms with Gasteiger partial charge in [-0.2, -0.15) is 26.3 Å². The first-order valence-corrected chi connectivity index (χ1v) is 9.67. The number of aryl methyl sites for hydroxylation is 1. The molecule has 0 aliphatic rings. The van der Waals surface area contributed by atoms with Crippen molar-refractivity contribution in [1.82, 2.24) is 9.97 Å². The molecule has 0 unspecified atom stereocenters. The van der Waals surface area contributed by atoms with Crippen LogP contribution < -0.4 is 10.3 Å². The van der Waals surface area contributed by atoms with Crippen molar-refractivity contribution in [1.29, 1.82) is 0 Å². The predicted molar refractivity (Wildman–Crippen MR) is 102 cm³/mol. The van der Waals surface area contributed by atoms with E-state index >= 15 is 0 Å². The molecule has 0 bridgehead atoms. The van der Waals surface area contributed by atoms with Crippen LogP contribution in [0.3, 0.4) is 0 Å². The largest absolute Gasteiger partial charge is 0.450 e. The van der Waals surface area contributed by atoms with E-state index in [0.29, 0.717) is 5.56 Å². The topological polar surface area (TPSA) is 55.0 Å². The number of halogens is 6. The van der Waals surface area contributed by atoms with Gasteiger partial charge in [0.15, 0.2) is 5.16 Å². The average molecular weight is 460 g/mol. The zero-order chi connectivity index (χ0) is 22.8. The number of thioether (sulfide) groups is 1. The van der Waals surface area contributed by atoms with Gasteiger partial charge in [-0.15, -0.1) is 0 Å². The van der Waals surface area contributed by atoms with Crippen LogP contribution in [0.15, 0.2) is 58.5 Å². The third-order valence-electron chi connectivity index (χ3n) is 4.06. The Bertz CT molecular complexity index is 1120. The Morgan fingerprint density at radius 1 is 0.968 bits per heavy atom. The number of nitrogens with zero attached hydrogens (tertiary/aromatic N) is 1. The quantitative estimate of drug-likeness (QED) is 0.280. The molecule has 0 saturated heterocycles. The number of benzene rings is 2. The molecule has 0 amide bonds. The Hall–Kier alpha value is -2.95. The van der Waals surface area contributed by atoms with Gasteiger partial charge in [0.25, 0.3) is 5.56 Å². The Morgan fingerprint density at radius 2 is 1.61 bits per heavy atom. The molecule has 1 heterocycles. The highest BCUT2D eigenvalue weighted by Gasteiger charge is 2.31. The van der Waals surface area contributed by atoms with E-state index in [1.54, 1.807) is 0 Å². The molecular weight excluding hydrogens is 446 g/mol. The fraction of sp³-hybridized carbons (Fsp3) is 0.200. The normalized spacial score (nSPS) is 12.1. The first-order chi connectivity index (χ1) is 14.4. The molecular formula is C20H14F6N2O2S. The fourth-order valence-electron chi connectivity index (χ4n) is 2.53. The van der Waals surface area contributed by atoms with Crippen LogP contribution in [-0.4, -0.2) is 9.97 Å². The molecule has 4 nitrogen and oxygen atoms in total. The molecule has 11 heteroatoms. The standard InChI is InChI=1S/C20H14F6N2O2S/c1-11-16(30-15-4-2-3-14(9-15)20(24,25)26)17(29)28-18(27-11)31-10-12-5-7-13(8-6-12)19(21,22)23/h2-9H,10H2,1H3,(H,27,28,29). The van der Waals surface area contributed by atoms with Crippen molar-refractivity contribution in [2.24, 2.45) is 0 Å². The number of ether oxygens (including phenoxy) is 1. The lowest BCUT2D eigenvalue weighted by Gasteiger charge is -2.11. The minimum absolute atomic E-state index is 0.149. The molecule has 0 atom stereocenters. The zero-order valence-corrected chi connectivity index (χ0v) is 16.6. The highest BCUT2D eigenvalue weighted by atomic mass is 32.2. The monoisotopic (exact) mass is 460 g/mol. The lowest BCUT2D eigenvalue weighted by Crippen LogP contribution is -2.14. The van der Waals surface area contributed by atoms with Crippen LogP contribution in [0.1, 0.15) is 22.4 Å². The zero-order valence-electron chi connectivity index (χ0n) is 15.8. The van der Waals surface area contributed by atoms with Crippen molar-refractivity contribution in [3.63, 3.8) is 0 Å². The molecule has 1 aromatic heterocycles. The van der Waals surface area contributed by atoms with Crippen LogP contribution >= 0.6 is 11.8 Å². The van der Waals surface area contributed by atoms with E-state index in [1.807, 2.05) is 0 Å². The minimum atomic E-state index is -4.56. The van der Waals surface area contributed by atoms with Crippen LogP contribution in [0.2, 0.25) is 0 Å². The Labute approximate surface area is 176 Å².